The fraction of sp³-hybridized carbons (Fsp3) is 1.00. The summed E-state index contributed by atoms with van der Waals surface area (Å²) >= 11 is 4.30. The van der Waals surface area contributed by atoms with E-state index in [1.165, 1.54) is 6.42 Å². The van der Waals surface area contributed by atoms with Crippen LogP contribution < -0.4 is 0 Å². The lowest BCUT2D eigenvalue weighted by atomic mass is 10.2. The van der Waals surface area contributed by atoms with Gasteiger partial charge in [-0.15, -0.1) is 0 Å². The van der Waals surface area contributed by atoms with Crippen LogP contribution in [0.25, 0.3) is 0 Å². The van der Waals surface area contributed by atoms with Gasteiger partial charge in [-0.25, -0.2) is 0 Å². The Morgan fingerprint density at radius 1 is 1.00 bits per heavy atom. The molecule has 2 aliphatic rings. The molecule has 2 heterocycles. The molecule has 4 unspecified atom stereocenters. The summed E-state index contributed by atoms with van der Waals surface area (Å²) in [5.74, 6) is 0. The molecule has 0 aromatic heterocycles. The monoisotopic (exact) mass is 160 g/mol. The molecule has 2 saturated heterocycles. The molecule has 0 N–H and O–H groups in total. The second kappa shape index (κ2) is 2.09. The lowest BCUT2D eigenvalue weighted by Gasteiger charge is -1.87. The quantitative estimate of drug-likeness (QED) is 0.569. The van der Waals surface area contributed by atoms with E-state index >= 15 is 0 Å². The van der Waals surface area contributed by atoms with Crippen molar-refractivity contribution in [3.63, 3.8) is 0 Å². The van der Waals surface area contributed by atoms with Crippen molar-refractivity contribution in [2.45, 2.75) is 41.3 Å². The van der Waals surface area contributed by atoms with E-state index in [1.807, 2.05) is 0 Å². The summed E-state index contributed by atoms with van der Waals surface area (Å²) in [5.41, 5.74) is 0. The van der Waals surface area contributed by atoms with Gasteiger partial charge in [0, 0.05) is 21.0 Å². The smallest absolute Gasteiger partial charge is 0.0177 e. The van der Waals surface area contributed by atoms with E-state index in [-0.39, 0.29) is 0 Å². The van der Waals surface area contributed by atoms with Crippen molar-refractivity contribution in [2.24, 2.45) is 0 Å². The maximum atomic E-state index is 2.34. The predicted octanol–water partition coefficient (Wildman–Crippen LogP) is 2.38. The van der Waals surface area contributed by atoms with E-state index in [2.05, 4.69) is 37.4 Å². The topological polar surface area (TPSA) is 0 Å². The van der Waals surface area contributed by atoms with Gasteiger partial charge < -0.3 is 0 Å². The summed E-state index contributed by atoms with van der Waals surface area (Å²) in [6.07, 6.45) is 1.48. The van der Waals surface area contributed by atoms with Crippen LogP contribution in [0.3, 0.4) is 0 Å². The van der Waals surface area contributed by atoms with E-state index in [1.54, 1.807) is 0 Å². The van der Waals surface area contributed by atoms with Crippen LogP contribution in [0.15, 0.2) is 0 Å². The molecule has 2 aliphatic heterocycles. The van der Waals surface area contributed by atoms with Gasteiger partial charge in [-0.2, -0.15) is 23.5 Å². The Labute approximate surface area is 65.2 Å². The molecular formula is C7H12S2. The largest absolute Gasteiger partial charge is 0.153 e. The lowest BCUT2D eigenvalue weighted by molar-refractivity contribution is 0.802. The predicted molar refractivity (Wildman–Crippen MR) is 46.3 cm³/mol. The zero-order chi connectivity index (χ0) is 6.43. The number of rotatable bonds is 2. The zero-order valence-electron chi connectivity index (χ0n) is 5.83. The molecule has 0 amide bonds. The first kappa shape index (κ1) is 6.41. The van der Waals surface area contributed by atoms with Gasteiger partial charge >= 0.3 is 0 Å². The molecule has 0 aromatic rings. The van der Waals surface area contributed by atoms with Crippen molar-refractivity contribution in [1.82, 2.24) is 0 Å². The van der Waals surface area contributed by atoms with E-state index in [9.17, 15) is 0 Å². The molecule has 52 valence electrons. The van der Waals surface area contributed by atoms with Crippen molar-refractivity contribution in [3.05, 3.63) is 0 Å². The minimum Gasteiger partial charge on any atom is -0.153 e. The summed E-state index contributed by atoms with van der Waals surface area (Å²) in [7, 11) is 0. The molecule has 0 aromatic carbocycles. The molecular weight excluding hydrogens is 148 g/mol. The van der Waals surface area contributed by atoms with Crippen molar-refractivity contribution < 1.29 is 0 Å². The first-order valence-corrected chi connectivity index (χ1v) is 5.47. The second-order valence-corrected chi connectivity index (χ2v) is 6.24. The van der Waals surface area contributed by atoms with Gasteiger partial charge in [-0.3, -0.25) is 0 Å². The minimum absolute atomic E-state index is 0.985. The van der Waals surface area contributed by atoms with Gasteiger partial charge in [0.1, 0.15) is 0 Å². The van der Waals surface area contributed by atoms with E-state index in [0.717, 1.165) is 21.0 Å². The van der Waals surface area contributed by atoms with Crippen molar-refractivity contribution >= 4 is 23.5 Å². The standard InChI is InChI=1S/C7H12S2/c1-4-6(8-4)3-7-5(2)9-7/h4-7H,3H2,1-2H3. The summed E-state index contributed by atoms with van der Waals surface area (Å²) in [6.45, 7) is 4.68. The highest BCUT2D eigenvalue weighted by Gasteiger charge is 2.42. The fourth-order valence-corrected chi connectivity index (χ4v) is 3.09. The van der Waals surface area contributed by atoms with Gasteiger partial charge in [0.15, 0.2) is 0 Å². The molecule has 2 rings (SSSR count). The molecule has 0 bridgehead atoms. The fourth-order valence-electron chi connectivity index (χ4n) is 1.18. The molecule has 0 saturated carbocycles. The van der Waals surface area contributed by atoms with Crippen molar-refractivity contribution in [1.29, 1.82) is 0 Å². The van der Waals surface area contributed by atoms with Gasteiger partial charge in [0.25, 0.3) is 0 Å². The highest BCUT2D eigenvalue weighted by Crippen LogP contribution is 2.52. The Balaban J connectivity index is 1.69. The van der Waals surface area contributed by atoms with Crippen LogP contribution in [-0.4, -0.2) is 21.0 Å². The molecule has 2 fully saturated rings. The van der Waals surface area contributed by atoms with Gasteiger partial charge in [0.2, 0.25) is 0 Å². The molecule has 2 heteroatoms. The molecule has 0 nitrogen and oxygen atoms in total. The van der Waals surface area contributed by atoms with E-state index in [0.29, 0.717) is 0 Å². The lowest BCUT2D eigenvalue weighted by Crippen LogP contribution is -1.96. The number of thioether (sulfide) groups is 2. The van der Waals surface area contributed by atoms with Crippen LogP contribution in [0.5, 0.6) is 0 Å². The Morgan fingerprint density at radius 2 is 1.33 bits per heavy atom. The summed E-state index contributed by atoms with van der Waals surface area (Å²) in [5, 5.41) is 4.04. The highest BCUT2D eigenvalue weighted by atomic mass is 32.2. The zero-order valence-corrected chi connectivity index (χ0v) is 7.47. The third kappa shape index (κ3) is 1.40. The Bertz CT molecular complexity index is 110. The Hall–Kier alpha value is 0.700. The van der Waals surface area contributed by atoms with Crippen LogP contribution >= 0.6 is 23.5 Å². The molecule has 4 atom stereocenters. The minimum atomic E-state index is 0.985. The summed E-state index contributed by atoms with van der Waals surface area (Å²) in [6, 6.07) is 0. The van der Waals surface area contributed by atoms with Crippen LogP contribution in [-0.2, 0) is 0 Å². The van der Waals surface area contributed by atoms with Gasteiger partial charge in [-0.05, 0) is 6.42 Å². The SMILES string of the molecule is CC1SC1CC1SC1C. The van der Waals surface area contributed by atoms with Crippen LogP contribution in [0.1, 0.15) is 20.3 Å². The first-order chi connectivity index (χ1) is 4.27. The maximum Gasteiger partial charge on any atom is 0.0177 e. The average Bonchev–Trinajstić information content (AvgIpc) is 2.59. The Morgan fingerprint density at radius 3 is 1.56 bits per heavy atom. The number of hydrogen-bond acceptors (Lipinski definition) is 2. The van der Waals surface area contributed by atoms with Gasteiger partial charge in [-0.1, -0.05) is 13.8 Å². The molecule has 9 heavy (non-hydrogen) atoms. The van der Waals surface area contributed by atoms with Crippen molar-refractivity contribution in [2.75, 3.05) is 0 Å². The van der Waals surface area contributed by atoms with Crippen LogP contribution in [0, 0.1) is 0 Å². The van der Waals surface area contributed by atoms with Crippen LogP contribution in [0.4, 0.5) is 0 Å². The van der Waals surface area contributed by atoms with Crippen LogP contribution in [0.2, 0.25) is 0 Å². The van der Waals surface area contributed by atoms with E-state index < -0.39 is 0 Å². The van der Waals surface area contributed by atoms with Crippen molar-refractivity contribution in [3.8, 4) is 0 Å². The second-order valence-electron chi connectivity index (χ2n) is 3.00. The third-order valence-corrected chi connectivity index (χ3v) is 4.93. The summed E-state index contributed by atoms with van der Waals surface area (Å²) < 4.78 is 0. The normalized spacial score (nSPS) is 55.3. The number of hydrogen-bond donors (Lipinski definition) is 0. The third-order valence-electron chi connectivity index (χ3n) is 2.14. The van der Waals surface area contributed by atoms with E-state index in [4.69, 9.17) is 0 Å². The highest BCUT2D eigenvalue weighted by molar-refractivity contribution is 8.08. The Kier molecular flexibility index (Phi) is 1.49. The molecule has 0 aliphatic carbocycles. The average molecular weight is 160 g/mol. The molecule has 0 spiro atoms. The van der Waals surface area contributed by atoms with Gasteiger partial charge in [0.05, 0.1) is 0 Å². The maximum absolute atomic E-state index is 2.34. The molecule has 0 radical (unpaired) electrons. The first-order valence-electron chi connectivity index (χ1n) is 3.58. The summed E-state index contributed by atoms with van der Waals surface area (Å²) in [4.78, 5) is 0.